The summed E-state index contributed by atoms with van der Waals surface area (Å²) in [6, 6.07) is 0. The Morgan fingerprint density at radius 2 is 2.33 bits per heavy atom. The van der Waals surface area contributed by atoms with E-state index in [0.717, 1.165) is 13.0 Å². The molecular formula is C12H19NO2. The molecule has 2 rings (SSSR count). The molecule has 1 N–H and O–H groups in total. The van der Waals surface area contributed by atoms with Gasteiger partial charge in [0.05, 0.1) is 12.5 Å². The van der Waals surface area contributed by atoms with Crippen molar-refractivity contribution in [3.05, 3.63) is 11.6 Å². The average molecular weight is 209 g/mol. The normalized spacial score (nSPS) is 27.0. The van der Waals surface area contributed by atoms with Crippen LogP contribution >= 0.6 is 0 Å². The summed E-state index contributed by atoms with van der Waals surface area (Å²) in [5.41, 5.74) is 1.50. The first-order valence-electron chi connectivity index (χ1n) is 5.89. The van der Waals surface area contributed by atoms with Crippen molar-refractivity contribution in [3.63, 3.8) is 0 Å². The van der Waals surface area contributed by atoms with Gasteiger partial charge in [0, 0.05) is 13.1 Å². The second kappa shape index (κ2) is 4.79. The van der Waals surface area contributed by atoms with E-state index in [9.17, 15) is 9.90 Å². The third kappa shape index (κ3) is 2.81. The maximum Gasteiger partial charge on any atom is 0.225 e. The lowest BCUT2D eigenvalue weighted by atomic mass is 9.97. The first-order valence-corrected chi connectivity index (χ1v) is 5.89. The minimum absolute atomic E-state index is 0.110. The predicted octanol–water partition coefficient (Wildman–Crippen LogP) is 1.47. The molecule has 1 saturated heterocycles. The minimum atomic E-state index is -0.433. The third-order valence-corrected chi connectivity index (χ3v) is 3.28. The molecule has 0 radical (unpaired) electrons. The van der Waals surface area contributed by atoms with Gasteiger partial charge >= 0.3 is 0 Å². The summed E-state index contributed by atoms with van der Waals surface area (Å²) < 4.78 is 0. The van der Waals surface area contributed by atoms with Crippen LogP contribution in [0.1, 0.15) is 38.5 Å². The van der Waals surface area contributed by atoms with E-state index < -0.39 is 6.10 Å². The highest BCUT2D eigenvalue weighted by Crippen LogP contribution is 2.21. The standard InChI is InChI=1S/C12H19NO2/c14-11-8-12(15)13(9-11)7-6-10-4-2-1-3-5-10/h4,11,14H,1-3,5-9H2. The van der Waals surface area contributed by atoms with Crippen molar-refractivity contribution >= 4 is 5.91 Å². The van der Waals surface area contributed by atoms with E-state index in [2.05, 4.69) is 6.08 Å². The SMILES string of the molecule is O=C1CC(O)CN1CCC1=CCCCC1. The van der Waals surface area contributed by atoms with E-state index in [1.807, 2.05) is 0 Å². The van der Waals surface area contributed by atoms with Crippen LogP contribution in [0.25, 0.3) is 0 Å². The van der Waals surface area contributed by atoms with Gasteiger partial charge in [0.2, 0.25) is 5.91 Å². The van der Waals surface area contributed by atoms with Crippen LogP contribution in [0.15, 0.2) is 11.6 Å². The van der Waals surface area contributed by atoms with E-state index in [1.54, 1.807) is 4.90 Å². The second-order valence-corrected chi connectivity index (χ2v) is 4.56. The van der Waals surface area contributed by atoms with Crippen molar-refractivity contribution in [2.24, 2.45) is 0 Å². The molecule has 3 heteroatoms. The molecule has 0 saturated carbocycles. The van der Waals surface area contributed by atoms with Crippen LogP contribution < -0.4 is 0 Å². The Balaban J connectivity index is 1.78. The number of likely N-dealkylation sites (tertiary alicyclic amines) is 1. The molecule has 0 bridgehead atoms. The van der Waals surface area contributed by atoms with Gasteiger partial charge in [-0.1, -0.05) is 11.6 Å². The van der Waals surface area contributed by atoms with Crippen LogP contribution in [-0.4, -0.2) is 35.1 Å². The average Bonchev–Trinajstić information content (AvgIpc) is 2.56. The highest BCUT2D eigenvalue weighted by molar-refractivity contribution is 5.78. The molecule has 0 aromatic carbocycles. The minimum Gasteiger partial charge on any atom is -0.391 e. The quantitative estimate of drug-likeness (QED) is 0.715. The molecule has 1 atom stereocenters. The van der Waals surface area contributed by atoms with Crippen LogP contribution in [0.2, 0.25) is 0 Å². The van der Waals surface area contributed by atoms with Crippen molar-refractivity contribution in [1.82, 2.24) is 4.90 Å². The van der Waals surface area contributed by atoms with Gasteiger partial charge in [-0.2, -0.15) is 0 Å². The van der Waals surface area contributed by atoms with E-state index in [0.29, 0.717) is 13.0 Å². The smallest absolute Gasteiger partial charge is 0.225 e. The molecule has 1 amide bonds. The lowest BCUT2D eigenvalue weighted by molar-refractivity contribution is -0.127. The Kier molecular flexibility index (Phi) is 3.41. The number of hydrogen-bond donors (Lipinski definition) is 1. The van der Waals surface area contributed by atoms with Gasteiger partial charge in [0.25, 0.3) is 0 Å². The number of rotatable bonds is 3. The number of aliphatic hydroxyl groups excluding tert-OH is 1. The molecule has 1 aliphatic carbocycles. The van der Waals surface area contributed by atoms with Crippen LogP contribution in [0.5, 0.6) is 0 Å². The number of β-amino-alcohol motifs (C(OH)–C–C–N with tert-alkyl or cyclic N) is 1. The van der Waals surface area contributed by atoms with Gasteiger partial charge in [0.15, 0.2) is 0 Å². The van der Waals surface area contributed by atoms with E-state index in [-0.39, 0.29) is 5.91 Å². The number of aliphatic hydroxyl groups is 1. The van der Waals surface area contributed by atoms with Crippen LogP contribution in [0, 0.1) is 0 Å². The van der Waals surface area contributed by atoms with Crippen molar-refractivity contribution in [1.29, 1.82) is 0 Å². The molecule has 0 aromatic heterocycles. The fraction of sp³-hybridized carbons (Fsp3) is 0.750. The van der Waals surface area contributed by atoms with Crippen LogP contribution in [-0.2, 0) is 4.79 Å². The van der Waals surface area contributed by atoms with Gasteiger partial charge in [-0.15, -0.1) is 0 Å². The first kappa shape index (κ1) is 10.7. The first-order chi connectivity index (χ1) is 7.25. The molecule has 1 unspecified atom stereocenters. The zero-order valence-corrected chi connectivity index (χ0v) is 9.11. The molecule has 3 nitrogen and oxygen atoms in total. The third-order valence-electron chi connectivity index (χ3n) is 3.28. The number of amides is 1. The fourth-order valence-corrected chi connectivity index (χ4v) is 2.38. The van der Waals surface area contributed by atoms with Crippen LogP contribution in [0.3, 0.4) is 0 Å². The Morgan fingerprint density at radius 1 is 1.47 bits per heavy atom. The van der Waals surface area contributed by atoms with E-state index in [4.69, 9.17) is 0 Å². The monoisotopic (exact) mass is 209 g/mol. The Labute approximate surface area is 90.8 Å². The predicted molar refractivity (Wildman–Crippen MR) is 58.4 cm³/mol. The number of nitrogens with zero attached hydrogens (tertiary/aromatic N) is 1. The fourth-order valence-electron chi connectivity index (χ4n) is 2.38. The summed E-state index contributed by atoms with van der Waals surface area (Å²) in [5.74, 6) is 0.110. The molecule has 15 heavy (non-hydrogen) atoms. The topological polar surface area (TPSA) is 40.5 Å². The summed E-state index contributed by atoms with van der Waals surface area (Å²) in [4.78, 5) is 13.2. The Bertz CT molecular complexity index is 273. The lowest BCUT2D eigenvalue weighted by Gasteiger charge is -2.18. The van der Waals surface area contributed by atoms with Crippen molar-refractivity contribution in [2.45, 2.75) is 44.6 Å². The van der Waals surface area contributed by atoms with Crippen molar-refractivity contribution in [3.8, 4) is 0 Å². The molecular weight excluding hydrogens is 190 g/mol. The molecule has 0 spiro atoms. The van der Waals surface area contributed by atoms with Gasteiger partial charge < -0.3 is 10.0 Å². The summed E-state index contributed by atoms with van der Waals surface area (Å²) in [6.07, 6.45) is 8.21. The van der Waals surface area contributed by atoms with Crippen molar-refractivity contribution < 1.29 is 9.90 Å². The highest BCUT2D eigenvalue weighted by atomic mass is 16.3. The number of hydrogen-bond acceptors (Lipinski definition) is 2. The van der Waals surface area contributed by atoms with Gasteiger partial charge in [0.1, 0.15) is 0 Å². The highest BCUT2D eigenvalue weighted by Gasteiger charge is 2.27. The maximum absolute atomic E-state index is 11.4. The lowest BCUT2D eigenvalue weighted by Crippen LogP contribution is -2.27. The molecule has 2 aliphatic rings. The van der Waals surface area contributed by atoms with E-state index >= 15 is 0 Å². The number of carbonyl (C=O) groups is 1. The largest absolute Gasteiger partial charge is 0.391 e. The Hall–Kier alpha value is -0.830. The van der Waals surface area contributed by atoms with Gasteiger partial charge in [-0.05, 0) is 32.1 Å². The molecule has 84 valence electrons. The summed E-state index contributed by atoms with van der Waals surface area (Å²) in [6.45, 7) is 1.33. The molecule has 1 fully saturated rings. The zero-order chi connectivity index (χ0) is 10.7. The van der Waals surface area contributed by atoms with Gasteiger partial charge in [-0.3, -0.25) is 4.79 Å². The molecule has 1 heterocycles. The summed E-state index contributed by atoms with van der Waals surface area (Å²) in [7, 11) is 0. The van der Waals surface area contributed by atoms with Gasteiger partial charge in [-0.25, -0.2) is 0 Å². The summed E-state index contributed by atoms with van der Waals surface area (Å²) >= 11 is 0. The number of carbonyl (C=O) groups excluding carboxylic acids is 1. The number of allylic oxidation sites excluding steroid dienone is 1. The van der Waals surface area contributed by atoms with Crippen molar-refractivity contribution in [2.75, 3.05) is 13.1 Å². The summed E-state index contributed by atoms with van der Waals surface area (Å²) in [5, 5.41) is 9.33. The maximum atomic E-state index is 11.4. The second-order valence-electron chi connectivity index (χ2n) is 4.56. The Morgan fingerprint density at radius 3 is 2.93 bits per heavy atom. The zero-order valence-electron chi connectivity index (χ0n) is 9.11. The van der Waals surface area contributed by atoms with Crippen LogP contribution in [0.4, 0.5) is 0 Å². The van der Waals surface area contributed by atoms with E-state index in [1.165, 1.54) is 31.3 Å². The molecule has 0 aromatic rings. The molecule has 1 aliphatic heterocycles.